The molecule has 5 heteroatoms. The number of nitrogen functional groups attached to an aromatic ring is 1. The fourth-order valence-corrected chi connectivity index (χ4v) is 2.65. The molecule has 0 radical (unpaired) electrons. The molecule has 1 amide bonds. The molecular formula is C10H10Br2N2O. The van der Waals surface area contributed by atoms with Crippen LogP contribution in [0.5, 0.6) is 0 Å². The Morgan fingerprint density at radius 2 is 2.07 bits per heavy atom. The van der Waals surface area contributed by atoms with Gasteiger partial charge in [-0.05, 0) is 40.9 Å². The first kappa shape index (κ1) is 11.0. The largest absolute Gasteiger partial charge is 0.397 e. The summed E-state index contributed by atoms with van der Waals surface area (Å²) in [4.78, 5) is 11.6. The third-order valence-corrected chi connectivity index (χ3v) is 3.37. The molecule has 0 unspecified atom stereocenters. The first-order chi connectivity index (χ1) is 7.08. The monoisotopic (exact) mass is 332 g/mol. The zero-order valence-corrected chi connectivity index (χ0v) is 11.1. The van der Waals surface area contributed by atoms with Crippen molar-refractivity contribution in [3.05, 3.63) is 21.1 Å². The number of nitrogens with two attached hydrogens (primary N) is 1. The van der Waals surface area contributed by atoms with E-state index in [4.69, 9.17) is 5.73 Å². The zero-order chi connectivity index (χ0) is 11.0. The molecule has 2 rings (SSSR count). The smallest absolute Gasteiger partial charge is 0.227 e. The quantitative estimate of drug-likeness (QED) is 0.817. The Hall–Kier alpha value is -0.550. The van der Waals surface area contributed by atoms with Gasteiger partial charge in [0.15, 0.2) is 0 Å². The normalized spacial score (nSPS) is 15.1. The van der Waals surface area contributed by atoms with Crippen molar-refractivity contribution >= 4 is 49.1 Å². The van der Waals surface area contributed by atoms with Crippen molar-refractivity contribution in [1.29, 1.82) is 0 Å². The third-order valence-electron chi connectivity index (χ3n) is 2.28. The van der Waals surface area contributed by atoms with E-state index in [2.05, 4.69) is 37.2 Å². The average molecular weight is 334 g/mol. The van der Waals surface area contributed by atoms with Gasteiger partial charge in [-0.25, -0.2) is 0 Å². The van der Waals surface area contributed by atoms with E-state index in [1.807, 2.05) is 6.07 Å². The lowest BCUT2D eigenvalue weighted by molar-refractivity contribution is -0.117. The van der Waals surface area contributed by atoms with Crippen LogP contribution >= 0.6 is 31.9 Å². The summed E-state index contributed by atoms with van der Waals surface area (Å²) in [5.74, 6) is 0.240. The molecule has 0 atom stereocenters. The SMILES string of the molecule is Nc1cc(Br)cc(Br)c1NC(=O)C1CC1. The number of halogens is 2. The topological polar surface area (TPSA) is 55.1 Å². The Bertz CT molecular complexity index is 393. The molecule has 1 fully saturated rings. The van der Waals surface area contributed by atoms with Crippen LogP contribution in [0, 0.1) is 5.92 Å². The van der Waals surface area contributed by atoms with Gasteiger partial charge in [-0.15, -0.1) is 0 Å². The van der Waals surface area contributed by atoms with Gasteiger partial charge in [-0.1, -0.05) is 15.9 Å². The van der Waals surface area contributed by atoms with E-state index in [-0.39, 0.29) is 11.8 Å². The molecule has 0 bridgehead atoms. The van der Waals surface area contributed by atoms with Gasteiger partial charge in [0, 0.05) is 14.9 Å². The molecule has 1 aromatic carbocycles. The van der Waals surface area contributed by atoms with Gasteiger partial charge in [-0.2, -0.15) is 0 Å². The van der Waals surface area contributed by atoms with Crippen LogP contribution in [0.4, 0.5) is 11.4 Å². The molecule has 1 aromatic rings. The maximum atomic E-state index is 11.6. The number of rotatable bonds is 2. The lowest BCUT2D eigenvalue weighted by Crippen LogP contribution is -2.15. The number of nitrogens with one attached hydrogen (secondary N) is 1. The minimum absolute atomic E-state index is 0.0599. The highest BCUT2D eigenvalue weighted by Crippen LogP contribution is 2.35. The summed E-state index contributed by atoms with van der Waals surface area (Å²) >= 11 is 6.70. The second-order valence-electron chi connectivity index (χ2n) is 3.62. The summed E-state index contributed by atoms with van der Waals surface area (Å²) in [5, 5.41) is 2.84. The average Bonchev–Trinajstić information content (AvgIpc) is 2.93. The van der Waals surface area contributed by atoms with Crippen molar-refractivity contribution in [2.75, 3.05) is 11.1 Å². The second-order valence-corrected chi connectivity index (χ2v) is 5.39. The molecule has 1 aliphatic carbocycles. The molecule has 1 saturated carbocycles. The van der Waals surface area contributed by atoms with Crippen molar-refractivity contribution in [3.8, 4) is 0 Å². The predicted molar refractivity (Wildman–Crippen MR) is 67.6 cm³/mol. The van der Waals surface area contributed by atoms with Gasteiger partial charge < -0.3 is 11.1 Å². The molecule has 3 N–H and O–H groups in total. The van der Waals surface area contributed by atoms with Crippen LogP contribution in [0.2, 0.25) is 0 Å². The first-order valence-corrected chi connectivity index (χ1v) is 6.22. The molecule has 1 aliphatic rings. The number of carbonyl (C=O) groups is 1. The van der Waals surface area contributed by atoms with E-state index in [0.717, 1.165) is 21.8 Å². The fourth-order valence-electron chi connectivity index (χ4n) is 1.30. The number of benzene rings is 1. The number of amides is 1. The predicted octanol–water partition coefficient (Wildman–Crippen LogP) is 3.14. The number of hydrogen-bond acceptors (Lipinski definition) is 2. The molecule has 0 saturated heterocycles. The van der Waals surface area contributed by atoms with E-state index < -0.39 is 0 Å². The summed E-state index contributed by atoms with van der Waals surface area (Å²) in [5.41, 5.74) is 7.04. The zero-order valence-electron chi connectivity index (χ0n) is 7.89. The van der Waals surface area contributed by atoms with Crippen LogP contribution in [0.25, 0.3) is 0 Å². The standard InChI is InChI=1S/C10H10Br2N2O/c11-6-3-7(12)9(8(13)4-6)14-10(15)5-1-2-5/h3-5H,1-2,13H2,(H,14,15). The number of anilines is 2. The lowest BCUT2D eigenvalue weighted by atomic mass is 10.2. The van der Waals surface area contributed by atoms with Crippen LogP contribution in [0.15, 0.2) is 21.1 Å². The molecule has 0 aliphatic heterocycles. The van der Waals surface area contributed by atoms with Crippen LogP contribution in [0.3, 0.4) is 0 Å². The van der Waals surface area contributed by atoms with Gasteiger partial charge in [-0.3, -0.25) is 4.79 Å². The summed E-state index contributed by atoms with van der Waals surface area (Å²) in [7, 11) is 0. The first-order valence-electron chi connectivity index (χ1n) is 4.63. The van der Waals surface area contributed by atoms with Crippen LogP contribution in [0.1, 0.15) is 12.8 Å². The minimum atomic E-state index is 0.0599. The van der Waals surface area contributed by atoms with Crippen molar-refractivity contribution in [2.24, 2.45) is 5.92 Å². The van der Waals surface area contributed by atoms with E-state index in [1.54, 1.807) is 6.07 Å². The minimum Gasteiger partial charge on any atom is -0.397 e. The van der Waals surface area contributed by atoms with Gasteiger partial charge in [0.1, 0.15) is 0 Å². The van der Waals surface area contributed by atoms with Crippen molar-refractivity contribution in [3.63, 3.8) is 0 Å². The van der Waals surface area contributed by atoms with Crippen molar-refractivity contribution in [2.45, 2.75) is 12.8 Å². The van der Waals surface area contributed by atoms with Gasteiger partial charge >= 0.3 is 0 Å². The van der Waals surface area contributed by atoms with E-state index in [1.165, 1.54) is 0 Å². The van der Waals surface area contributed by atoms with E-state index in [9.17, 15) is 4.79 Å². The molecule has 80 valence electrons. The maximum Gasteiger partial charge on any atom is 0.227 e. The highest BCUT2D eigenvalue weighted by Gasteiger charge is 2.30. The van der Waals surface area contributed by atoms with E-state index in [0.29, 0.717) is 11.4 Å². The molecular weight excluding hydrogens is 324 g/mol. The number of hydrogen-bond donors (Lipinski definition) is 2. The van der Waals surface area contributed by atoms with Crippen LogP contribution in [-0.2, 0) is 4.79 Å². The van der Waals surface area contributed by atoms with Gasteiger partial charge in [0.25, 0.3) is 0 Å². The summed E-state index contributed by atoms with van der Waals surface area (Å²) in [6.45, 7) is 0. The van der Waals surface area contributed by atoms with Gasteiger partial charge in [0.2, 0.25) is 5.91 Å². The second kappa shape index (κ2) is 4.14. The third kappa shape index (κ3) is 2.52. The summed E-state index contributed by atoms with van der Waals surface area (Å²) in [6, 6.07) is 3.63. The molecule has 0 heterocycles. The number of carbonyl (C=O) groups excluding carboxylic acids is 1. The Morgan fingerprint density at radius 1 is 1.40 bits per heavy atom. The van der Waals surface area contributed by atoms with E-state index >= 15 is 0 Å². The summed E-state index contributed by atoms with van der Waals surface area (Å²) in [6.07, 6.45) is 1.97. The lowest BCUT2D eigenvalue weighted by Gasteiger charge is -2.10. The van der Waals surface area contributed by atoms with Crippen LogP contribution < -0.4 is 11.1 Å². The molecule has 0 spiro atoms. The fraction of sp³-hybridized carbons (Fsp3) is 0.300. The highest BCUT2D eigenvalue weighted by atomic mass is 79.9. The molecule has 3 nitrogen and oxygen atoms in total. The van der Waals surface area contributed by atoms with Crippen LogP contribution in [-0.4, -0.2) is 5.91 Å². The Labute approximate surface area is 105 Å². The van der Waals surface area contributed by atoms with Crippen molar-refractivity contribution < 1.29 is 4.79 Å². The molecule has 15 heavy (non-hydrogen) atoms. The Balaban J connectivity index is 2.23. The Morgan fingerprint density at radius 3 is 2.60 bits per heavy atom. The van der Waals surface area contributed by atoms with Gasteiger partial charge in [0.05, 0.1) is 11.4 Å². The Kier molecular flexibility index (Phi) is 3.02. The highest BCUT2D eigenvalue weighted by molar-refractivity contribution is 9.11. The summed E-state index contributed by atoms with van der Waals surface area (Å²) < 4.78 is 1.68. The maximum absolute atomic E-state index is 11.6. The molecule has 0 aromatic heterocycles. The van der Waals surface area contributed by atoms with Crippen molar-refractivity contribution in [1.82, 2.24) is 0 Å².